The summed E-state index contributed by atoms with van der Waals surface area (Å²) in [6.07, 6.45) is 4.52. The van der Waals surface area contributed by atoms with Crippen LogP contribution in [0.4, 0.5) is 4.79 Å². The third-order valence-corrected chi connectivity index (χ3v) is 5.95. The second-order valence-corrected chi connectivity index (χ2v) is 8.53. The predicted octanol–water partition coefficient (Wildman–Crippen LogP) is 3.88. The van der Waals surface area contributed by atoms with Gasteiger partial charge in [-0.3, -0.25) is 9.59 Å². The fraction of sp³-hybridized carbons (Fsp3) is 0.310. The maximum Gasteiger partial charge on any atom is 0.407 e. The number of carbonyl (C=O) groups excluding carboxylic acids is 3. The highest BCUT2D eigenvalue weighted by Gasteiger charge is 2.26. The summed E-state index contributed by atoms with van der Waals surface area (Å²) >= 11 is 0. The molecule has 3 amide bonds. The topological polar surface area (TPSA) is 96.5 Å². The van der Waals surface area contributed by atoms with Crippen molar-refractivity contribution in [2.45, 2.75) is 38.6 Å². The summed E-state index contributed by atoms with van der Waals surface area (Å²) in [5.41, 5.74) is 8.45. The summed E-state index contributed by atoms with van der Waals surface area (Å²) in [6, 6.07) is 16.5. The highest BCUT2D eigenvalue weighted by molar-refractivity contribution is 5.89. The normalized spacial score (nSPS) is 15.2. The number of ether oxygens (including phenoxy) is 1. The summed E-state index contributed by atoms with van der Waals surface area (Å²) < 4.78 is 5.64. The van der Waals surface area contributed by atoms with Crippen LogP contribution in [0.1, 0.15) is 42.9 Å². The Labute approximate surface area is 212 Å². The Hall–Kier alpha value is -4.09. The van der Waals surface area contributed by atoms with Crippen molar-refractivity contribution in [3.63, 3.8) is 0 Å². The SMILES string of the molecule is CC/C=C\C1=C=C(C)c2ccccc2C1COC(=O)NC(Cc1ccccc1)C(=O)NCC(=O)NC. The van der Waals surface area contributed by atoms with Gasteiger partial charge >= 0.3 is 6.09 Å². The molecule has 3 N–H and O–H groups in total. The first-order valence-electron chi connectivity index (χ1n) is 12.1. The number of nitrogens with one attached hydrogen (secondary N) is 3. The quantitative estimate of drug-likeness (QED) is 0.443. The van der Waals surface area contributed by atoms with E-state index < -0.39 is 18.0 Å². The molecule has 2 unspecified atom stereocenters. The minimum atomic E-state index is -0.902. The van der Waals surface area contributed by atoms with Crippen LogP contribution in [0.5, 0.6) is 0 Å². The zero-order valence-electron chi connectivity index (χ0n) is 21.0. The van der Waals surface area contributed by atoms with Gasteiger partial charge in [0.2, 0.25) is 11.8 Å². The van der Waals surface area contributed by atoms with E-state index in [0.29, 0.717) is 0 Å². The van der Waals surface area contributed by atoms with E-state index in [1.165, 1.54) is 7.05 Å². The average molecular weight is 488 g/mol. The molecule has 2 atom stereocenters. The first kappa shape index (κ1) is 26.5. The van der Waals surface area contributed by atoms with E-state index in [2.05, 4.69) is 34.7 Å². The molecule has 0 fully saturated rings. The summed E-state index contributed by atoms with van der Waals surface area (Å²) in [5.74, 6) is -0.969. The number of hydrogen-bond donors (Lipinski definition) is 3. The molecule has 0 saturated heterocycles. The molecule has 0 bridgehead atoms. The largest absolute Gasteiger partial charge is 0.449 e. The number of allylic oxidation sites excluding steroid dienone is 2. The molecule has 0 radical (unpaired) electrons. The van der Waals surface area contributed by atoms with E-state index in [4.69, 9.17) is 4.74 Å². The number of alkyl carbamates (subject to hydrolysis) is 1. The van der Waals surface area contributed by atoms with Gasteiger partial charge in [-0.15, -0.1) is 5.73 Å². The Bertz CT molecular complexity index is 1180. The molecule has 36 heavy (non-hydrogen) atoms. The van der Waals surface area contributed by atoms with E-state index in [9.17, 15) is 14.4 Å². The lowest BCUT2D eigenvalue weighted by Crippen LogP contribution is -2.50. The van der Waals surface area contributed by atoms with Crippen LogP contribution in [0.15, 0.2) is 78.1 Å². The lowest BCUT2D eigenvalue weighted by Gasteiger charge is -2.25. The molecule has 1 aliphatic carbocycles. The molecule has 0 saturated carbocycles. The van der Waals surface area contributed by atoms with Crippen molar-refractivity contribution in [2.75, 3.05) is 20.2 Å². The van der Waals surface area contributed by atoms with Crippen molar-refractivity contribution in [1.29, 1.82) is 0 Å². The molecule has 0 aliphatic heterocycles. The maximum atomic E-state index is 12.8. The van der Waals surface area contributed by atoms with Gasteiger partial charge in [-0.05, 0) is 35.6 Å². The average Bonchev–Trinajstić information content (AvgIpc) is 2.90. The minimum Gasteiger partial charge on any atom is -0.449 e. The highest BCUT2D eigenvalue weighted by Crippen LogP contribution is 2.35. The Balaban J connectivity index is 1.73. The summed E-state index contributed by atoms with van der Waals surface area (Å²) in [5, 5.41) is 7.70. The van der Waals surface area contributed by atoms with E-state index in [-0.39, 0.29) is 31.4 Å². The Morgan fingerprint density at radius 1 is 1.08 bits per heavy atom. The first-order valence-corrected chi connectivity index (χ1v) is 12.1. The Morgan fingerprint density at radius 2 is 1.81 bits per heavy atom. The van der Waals surface area contributed by atoms with E-state index >= 15 is 0 Å². The van der Waals surface area contributed by atoms with Crippen LogP contribution < -0.4 is 16.0 Å². The number of amides is 3. The lowest BCUT2D eigenvalue weighted by molar-refractivity contribution is -0.127. The lowest BCUT2D eigenvalue weighted by atomic mass is 9.82. The van der Waals surface area contributed by atoms with Gasteiger partial charge < -0.3 is 20.7 Å². The van der Waals surface area contributed by atoms with Crippen LogP contribution in [0.25, 0.3) is 5.57 Å². The van der Waals surface area contributed by atoms with Gasteiger partial charge in [0.1, 0.15) is 12.6 Å². The molecule has 0 aromatic heterocycles. The molecule has 0 spiro atoms. The van der Waals surface area contributed by atoms with Crippen LogP contribution in [-0.4, -0.2) is 44.1 Å². The molecule has 2 aromatic carbocycles. The fourth-order valence-electron chi connectivity index (χ4n) is 4.04. The van der Waals surface area contributed by atoms with Crippen molar-refractivity contribution in [2.24, 2.45) is 0 Å². The van der Waals surface area contributed by atoms with E-state index in [0.717, 1.165) is 34.3 Å². The number of carbonyl (C=O) groups is 3. The van der Waals surface area contributed by atoms with E-state index in [1.54, 1.807) is 0 Å². The Morgan fingerprint density at radius 3 is 2.53 bits per heavy atom. The molecular formula is C29H33N3O4. The maximum absolute atomic E-state index is 12.8. The number of hydrogen-bond acceptors (Lipinski definition) is 4. The van der Waals surface area contributed by atoms with Gasteiger partial charge in [-0.1, -0.05) is 73.7 Å². The molecule has 7 nitrogen and oxygen atoms in total. The van der Waals surface area contributed by atoms with Gasteiger partial charge in [-0.2, -0.15) is 0 Å². The Kier molecular flexibility index (Phi) is 9.66. The van der Waals surface area contributed by atoms with Crippen molar-refractivity contribution in [1.82, 2.24) is 16.0 Å². The van der Waals surface area contributed by atoms with Crippen LogP contribution in [0.3, 0.4) is 0 Å². The van der Waals surface area contributed by atoms with Crippen LogP contribution >= 0.6 is 0 Å². The third kappa shape index (κ3) is 7.20. The van der Waals surface area contributed by atoms with Gasteiger partial charge in [0, 0.05) is 19.0 Å². The zero-order chi connectivity index (χ0) is 25.9. The molecule has 1 aliphatic rings. The molecule has 2 aromatic rings. The standard InChI is InChI=1S/C29H33N3O4/c1-4-5-13-22-16-20(2)23-14-9-10-15-24(23)25(22)19-36-29(35)32-26(17-21-11-7-6-8-12-21)28(34)31-18-27(33)30-3/h5-15,25-26H,4,17-19H2,1-3H3,(H,30,33)(H,31,34)(H,32,35)/b13-5-. The number of likely N-dealkylation sites (N-methyl/N-ethyl adjacent to an activating group) is 1. The first-order chi connectivity index (χ1) is 17.4. The summed E-state index contributed by atoms with van der Waals surface area (Å²) in [6.45, 7) is 4.00. The minimum absolute atomic E-state index is 0.102. The smallest absolute Gasteiger partial charge is 0.407 e. The fourth-order valence-corrected chi connectivity index (χ4v) is 4.04. The van der Waals surface area contributed by atoms with Crippen molar-refractivity contribution in [3.05, 3.63) is 94.7 Å². The van der Waals surface area contributed by atoms with Crippen LogP contribution in [0, 0.1) is 0 Å². The number of benzene rings is 2. The monoisotopic (exact) mass is 487 g/mol. The second-order valence-electron chi connectivity index (χ2n) is 8.53. The zero-order valence-corrected chi connectivity index (χ0v) is 21.0. The molecular weight excluding hydrogens is 454 g/mol. The van der Waals surface area contributed by atoms with Crippen LogP contribution in [0.2, 0.25) is 0 Å². The highest BCUT2D eigenvalue weighted by atomic mass is 16.5. The molecule has 3 rings (SSSR count). The second kappa shape index (κ2) is 13.1. The molecule has 0 heterocycles. The van der Waals surface area contributed by atoms with Crippen molar-refractivity contribution >= 4 is 23.5 Å². The predicted molar refractivity (Wildman–Crippen MR) is 140 cm³/mol. The van der Waals surface area contributed by atoms with Gasteiger partial charge in [0.15, 0.2) is 0 Å². The van der Waals surface area contributed by atoms with Crippen LogP contribution in [-0.2, 0) is 20.7 Å². The third-order valence-electron chi connectivity index (χ3n) is 5.95. The van der Waals surface area contributed by atoms with Gasteiger partial charge in [0.05, 0.1) is 12.5 Å². The molecule has 7 heteroatoms. The van der Waals surface area contributed by atoms with E-state index in [1.807, 2.05) is 67.6 Å². The van der Waals surface area contributed by atoms with Gasteiger partial charge in [-0.25, -0.2) is 4.79 Å². The number of fused-ring (bicyclic) bond motifs is 1. The van der Waals surface area contributed by atoms with Gasteiger partial charge in [0.25, 0.3) is 0 Å². The van der Waals surface area contributed by atoms with Crippen molar-refractivity contribution in [3.8, 4) is 0 Å². The summed E-state index contributed by atoms with van der Waals surface area (Å²) in [4.78, 5) is 37.2. The van der Waals surface area contributed by atoms with Crippen molar-refractivity contribution < 1.29 is 19.1 Å². The summed E-state index contributed by atoms with van der Waals surface area (Å²) in [7, 11) is 1.49. The molecule has 188 valence electrons. The number of rotatable bonds is 10.